The van der Waals surface area contributed by atoms with Gasteiger partial charge in [0.05, 0.1) is 11.4 Å². The first kappa shape index (κ1) is 17.7. The van der Waals surface area contributed by atoms with E-state index in [2.05, 4.69) is 16.0 Å². The molecule has 1 aromatic rings. The van der Waals surface area contributed by atoms with Crippen LogP contribution < -0.4 is 16.0 Å². The van der Waals surface area contributed by atoms with E-state index >= 15 is 0 Å². The Morgan fingerprint density at radius 3 is 2.50 bits per heavy atom. The molecule has 6 nitrogen and oxygen atoms in total. The molecule has 1 amide bonds. The fourth-order valence-corrected chi connectivity index (χ4v) is 1.82. The summed E-state index contributed by atoms with van der Waals surface area (Å²) in [7, 11) is 1.67. The van der Waals surface area contributed by atoms with Crippen molar-refractivity contribution in [3.05, 3.63) is 24.0 Å². The van der Waals surface area contributed by atoms with Crippen molar-refractivity contribution in [2.45, 2.75) is 26.3 Å². The van der Waals surface area contributed by atoms with E-state index in [0.717, 1.165) is 0 Å². The van der Waals surface area contributed by atoms with E-state index in [1.807, 2.05) is 0 Å². The molecule has 1 atom stereocenters. The fourth-order valence-electron chi connectivity index (χ4n) is 1.82. The lowest BCUT2D eigenvalue weighted by atomic mass is 10.1. The van der Waals surface area contributed by atoms with Crippen molar-refractivity contribution in [3.63, 3.8) is 0 Å². The number of carboxylic acid groups (broad SMARTS) is 1. The number of benzene rings is 1. The van der Waals surface area contributed by atoms with E-state index in [-0.39, 0.29) is 24.1 Å². The smallest absolute Gasteiger partial charge is 0.326 e. The van der Waals surface area contributed by atoms with Crippen molar-refractivity contribution in [1.82, 2.24) is 5.32 Å². The lowest BCUT2D eigenvalue weighted by Gasteiger charge is -2.17. The number of nitrogens with one attached hydrogen (secondary N) is 3. The van der Waals surface area contributed by atoms with Gasteiger partial charge in [0.15, 0.2) is 0 Å². The minimum absolute atomic E-state index is 0.217. The van der Waals surface area contributed by atoms with Gasteiger partial charge in [0, 0.05) is 19.5 Å². The summed E-state index contributed by atoms with van der Waals surface area (Å²) in [6, 6.07) is 3.28. The van der Waals surface area contributed by atoms with E-state index in [0.29, 0.717) is 17.9 Å². The zero-order chi connectivity index (χ0) is 16.7. The van der Waals surface area contributed by atoms with Crippen LogP contribution in [0.25, 0.3) is 0 Å². The quantitative estimate of drug-likeness (QED) is 0.589. The fraction of sp³-hybridized carbons (Fsp3) is 0.467. The van der Waals surface area contributed by atoms with Gasteiger partial charge in [0.1, 0.15) is 11.9 Å². The highest BCUT2D eigenvalue weighted by molar-refractivity contribution is 5.84. The summed E-state index contributed by atoms with van der Waals surface area (Å²) < 4.78 is 13.1. The Labute approximate surface area is 129 Å². The molecule has 122 valence electrons. The molecule has 0 fully saturated rings. The summed E-state index contributed by atoms with van der Waals surface area (Å²) in [6.45, 7) is 3.73. The Morgan fingerprint density at radius 2 is 1.95 bits per heavy atom. The number of amides is 1. The van der Waals surface area contributed by atoms with Crippen molar-refractivity contribution >= 4 is 23.3 Å². The van der Waals surface area contributed by atoms with Gasteiger partial charge in [-0.2, -0.15) is 0 Å². The molecule has 0 aromatic heterocycles. The summed E-state index contributed by atoms with van der Waals surface area (Å²) in [5.41, 5.74) is 1.25. The molecular formula is C15H22FN3O3. The molecule has 0 saturated heterocycles. The number of anilines is 2. The van der Waals surface area contributed by atoms with Crippen LogP contribution in [0.2, 0.25) is 0 Å². The van der Waals surface area contributed by atoms with Crippen LogP contribution in [0.4, 0.5) is 15.8 Å². The Bertz CT molecular complexity index is 535. The van der Waals surface area contributed by atoms with Gasteiger partial charge in [-0.3, -0.25) is 4.79 Å². The molecule has 0 spiro atoms. The van der Waals surface area contributed by atoms with Gasteiger partial charge in [-0.25, -0.2) is 9.18 Å². The Hall–Kier alpha value is -2.31. The topological polar surface area (TPSA) is 90.5 Å². The number of halogens is 1. The standard InChI is InChI=1S/C15H22FN3O3/c1-9(2)14(20)19-12(15(21)22)6-7-18-11-5-4-10(16)8-13(11)17-3/h4-5,8-9,12,17-18H,6-7H2,1-3H3,(H,19,20)(H,21,22). The third-order valence-electron chi connectivity index (χ3n) is 3.14. The average molecular weight is 311 g/mol. The van der Waals surface area contributed by atoms with E-state index in [1.54, 1.807) is 27.0 Å². The average Bonchev–Trinajstić information content (AvgIpc) is 2.46. The summed E-state index contributed by atoms with van der Waals surface area (Å²) in [5, 5.41) is 17.5. The molecule has 0 bridgehead atoms. The second kappa shape index (κ2) is 8.21. The zero-order valence-electron chi connectivity index (χ0n) is 12.9. The molecule has 22 heavy (non-hydrogen) atoms. The van der Waals surface area contributed by atoms with Gasteiger partial charge >= 0.3 is 5.97 Å². The van der Waals surface area contributed by atoms with Crippen molar-refractivity contribution in [2.24, 2.45) is 5.92 Å². The maximum absolute atomic E-state index is 13.1. The van der Waals surface area contributed by atoms with Gasteiger partial charge in [0.25, 0.3) is 0 Å². The van der Waals surface area contributed by atoms with E-state index in [9.17, 15) is 14.0 Å². The molecule has 1 unspecified atom stereocenters. The Morgan fingerprint density at radius 1 is 1.27 bits per heavy atom. The van der Waals surface area contributed by atoms with Gasteiger partial charge < -0.3 is 21.1 Å². The van der Waals surface area contributed by atoms with Crippen molar-refractivity contribution in [3.8, 4) is 0 Å². The molecule has 7 heteroatoms. The molecule has 0 aliphatic heterocycles. The summed E-state index contributed by atoms with van der Waals surface area (Å²) >= 11 is 0. The van der Waals surface area contributed by atoms with Crippen molar-refractivity contribution in [1.29, 1.82) is 0 Å². The van der Waals surface area contributed by atoms with E-state index in [4.69, 9.17) is 5.11 Å². The predicted molar refractivity (Wildman–Crippen MR) is 83.5 cm³/mol. The minimum Gasteiger partial charge on any atom is -0.480 e. The number of carbonyl (C=O) groups is 2. The van der Waals surface area contributed by atoms with Crippen LogP contribution in [0.3, 0.4) is 0 Å². The van der Waals surface area contributed by atoms with Gasteiger partial charge in [-0.1, -0.05) is 13.8 Å². The van der Waals surface area contributed by atoms with Crippen molar-refractivity contribution < 1.29 is 19.1 Å². The number of hydrogen-bond donors (Lipinski definition) is 4. The third kappa shape index (κ3) is 5.23. The van der Waals surface area contributed by atoms with Crippen LogP contribution in [0, 0.1) is 11.7 Å². The first-order valence-electron chi connectivity index (χ1n) is 7.09. The normalized spacial score (nSPS) is 11.9. The SMILES string of the molecule is CNc1cc(F)ccc1NCCC(NC(=O)C(C)C)C(=O)O. The molecule has 0 aliphatic rings. The van der Waals surface area contributed by atoms with Crippen LogP contribution in [0.1, 0.15) is 20.3 Å². The van der Waals surface area contributed by atoms with Crippen LogP contribution in [0.15, 0.2) is 18.2 Å². The molecular weight excluding hydrogens is 289 g/mol. The molecule has 4 N–H and O–H groups in total. The number of aliphatic carboxylic acids is 1. The van der Waals surface area contributed by atoms with Crippen LogP contribution in [-0.2, 0) is 9.59 Å². The summed E-state index contributed by atoms with van der Waals surface area (Å²) in [4.78, 5) is 22.7. The highest BCUT2D eigenvalue weighted by Crippen LogP contribution is 2.22. The second-order valence-corrected chi connectivity index (χ2v) is 5.21. The highest BCUT2D eigenvalue weighted by atomic mass is 19.1. The van der Waals surface area contributed by atoms with Crippen LogP contribution in [-0.4, -0.2) is 36.6 Å². The first-order valence-corrected chi connectivity index (χ1v) is 7.09. The third-order valence-corrected chi connectivity index (χ3v) is 3.14. The molecule has 1 rings (SSSR count). The second-order valence-electron chi connectivity index (χ2n) is 5.21. The van der Waals surface area contributed by atoms with Gasteiger partial charge in [-0.15, -0.1) is 0 Å². The summed E-state index contributed by atoms with van der Waals surface area (Å²) in [6.07, 6.45) is 0.217. The molecule has 0 saturated carbocycles. The number of carboxylic acids is 1. The van der Waals surface area contributed by atoms with Crippen LogP contribution >= 0.6 is 0 Å². The molecule has 0 radical (unpaired) electrons. The molecule has 1 aromatic carbocycles. The van der Waals surface area contributed by atoms with Gasteiger partial charge in [-0.05, 0) is 24.6 Å². The number of rotatable bonds is 8. The number of carbonyl (C=O) groups excluding carboxylic acids is 1. The van der Waals surface area contributed by atoms with E-state index in [1.165, 1.54) is 12.1 Å². The minimum atomic E-state index is -1.08. The number of hydrogen-bond acceptors (Lipinski definition) is 4. The maximum atomic E-state index is 13.1. The maximum Gasteiger partial charge on any atom is 0.326 e. The first-order chi connectivity index (χ1) is 10.3. The van der Waals surface area contributed by atoms with Gasteiger partial charge in [0.2, 0.25) is 5.91 Å². The Balaban J connectivity index is 2.60. The van der Waals surface area contributed by atoms with E-state index < -0.39 is 12.0 Å². The predicted octanol–water partition coefficient (Wildman–Crippen LogP) is 1.89. The Kier molecular flexibility index (Phi) is 6.62. The summed E-state index contributed by atoms with van der Waals surface area (Å²) in [5.74, 6) is -2.01. The lowest BCUT2D eigenvalue weighted by Crippen LogP contribution is -2.43. The monoisotopic (exact) mass is 311 g/mol. The largest absolute Gasteiger partial charge is 0.480 e. The van der Waals surface area contributed by atoms with Crippen molar-refractivity contribution in [2.75, 3.05) is 24.2 Å². The highest BCUT2D eigenvalue weighted by Gasteiger charge is 2.20. The molecule has 0 heterocycles. The zero-order valence-corrected chi connectivity index (χ0v) is 12.9. The lowest BCUT2D eigenvalue weighted by molar-refractivity contribution is -0.142. The van der Waals surface area contributed by atoms with Crippen LogP contribution in [0.5, 0.6) is 0 Å². The molecule has 0 aliphatic carbocycles.